The lowest BCUT2D eigenvalue weighted by Crippen LogP contribution is -1.83. The van der Waals surface area contributed by atoms with Gasteiger partial charge in [0, 0.05) is 16.5 Å². The Balaban J connectivity index is 2.25. The molecule has 1 heterocycles. The number of aliphatic hydroxyl groups excluding tert-OH is 1. The van der Waals surface area contributed by atoms with E-state index in [9.17, 15) is 0 Å². The van der Waals surface area contributed by atoms with Gasteiger partial charge in [-0.05, 0) is 12.1 Å². The molecule has 16 heavy (non-hydrogen) atoms. The Bertz CT molecular complexity index is 534. The van der Waals surface area contributed by atoms with Crippen LogP contribution in [0.5, 0.6) is 0 Å². The third kappa shape index (κ3) is 2.40. The van der Waals surface area contributed by atoms with Crippen molar-refractivity contribution in [1.82, 2.24) is 4.98 Å². The minimum absolute atomic E-state index is 0.121. The first-order valence-corrected chi connectivity index (χ1v) is 5.59. The lowest BCUT2D eigenvalue weighted by molar-refractivity contribution is 0.350. The Labute approximate surface area is 97.6 Å². The fraction of sp³-hybridized carbons (Fsp3) is 0.0833. The third-order valence-electron chi connectivity index (χ3n) is 2.01. The van der Waals surface area contributed by atoms with Gasteiger partial charge in [-0.2, -0.15) is 0 Å². The van der Waals surface area contributed by atoms with Crippen LogP contribution in [0.15, 0.2) is 29.6 Å². The molecule has 0 unspecified atom stereocenters. The number of benzene rings is 1. The molecule has 0 aliphatic rings. The van der Waals surface area contributed by atoms with E-state index >= 15 is 0 Å². The van der Waals surface area contributed by atoms with Gasteiger partial charge in [0.15, 0.2) is 5.13 Å². The number of thiazole rings is 1. The summed E-state index contributed by atoms with van der Waals surface area (Å²) in [7, 11) is 0. The van der Waals surface area contributed by atoms with Crippen LogP contribution in [0.2, 0.25) is 0 Å². The zero-order valence-electron chi connectivity index (χ0n) is 8.47. The molecular weight excluding hydrogens is 220 g/mol. The van der Waals surface area contributed by atoms with E-state index in [4.69, 9.17) is 10.8 Å². The highest BCUT2D eigenvalue weighted by molar-refractivity contribution is 7.13. The molecule has 0 amide bonds. The average Bonchev–Trinajstić information content (AvgIpc) is 2.74. The van der Waals surface area contributed by atoms with Crippen molar-refractivity contribution in [2.75, 3.05) is 12.3 Å². The number of aliphatic hydroxyl groups is 1. The number of hydrogen-bond donors (Lipinski definition) is 2. The van der Waals surface area contributed by atoms with Crippen molar-refractivity contribution in [2.24, 2.45) is 0 Å². The van der Waals surface area contributed by atoms with Gasteiger partial charge in [-0.25, -0.2) is 4.98 Å². The largest absolute Gasteiger partial charge is 0.384 e. The minimum atomic E-state index is -0.121. The van der Waals surface area contributed by atoms with Gasteiger partial charge in [-0.3, -0.25) is 0 Å². The van der Waals surface area contributed by atoms with E-state index < -0.39 is 0 Å². The maximum absolute atomic E-state index is 8.57. The van der Waals surface area contributed by atoms with Crippen LogP contribution >= 0.6 is 11.3 Å². The van der Waals surface area contributed by atoms with Crippen LogP contribution in [-0.2, 0) is 0 Å². The smallest absolute Gasteiger partial charge is 0.180 e. The van der Waals surface area contributed by atoms with Crippen molar-refractivity contribution in [3.63, 3.8) is 0 Å². The first kappa shape index (κ1) is 10.7. The molecule has 0 aliphatic carbocycles. The summed E-state index contributed by atoms with van der Waals surface area (Å²) in [6.07, 6.45) is 0. The molecule has 1 aromatic carbocycles. The number of anilines is 1. The summed E-state index contributed by atoms with van der Waals surface area (Å²) < 4.78 is 0. The second kappa shape index (κ2) is 4.79. The zero-order chi connectivity index (χ0) is 11.4. The number of rotatable bonds is 1. The normalized spacial score (nSPS) is 9.56. The van der Waals surface area contributed by atoms with Crippen LogP contribution in [0, 0.1) is 11.8 Å². The van der Waals surface area contributed by atoms with Crippen molar-refractivity contribution in [2.45, 2.75) is 0 Å². The first-order chi connectivity index (χ1) is 7.79. The predicted molar refractivity (Wildman–Crippen MR) is 65.9 cm³/mol. The Morgan fingerprint density at radius 3 is 2.62 bits per heavy atom. The number of nitrogens with zero attached hydrogens (tertiary/aromatic N) is 1. The maximum Gasteiger partial charge on any atom is 0.180 e. The highest BCUT2D eigenvalue weighted by Gasteiger charge is 2.01. The molecule has 3 N–H and O–H groups in total. The van der Waals surface area contributed by atoms with E-state index in [0.717, 1.165) is 16.8 Å². The predicted octanol–water partition coefficient (Wildman–Crippen LogP) is 1.74. The van der Waals surface area contributed by atoms with Crippen molar-refractivity contribution >= 4 is 16.5 Å². The van der Waals surface area contributed by atoms with Crippen LogP contribution in [0.25, 0.3) is 11.3 Å². The molecule has 80 valence electrons. The molecule has 0 atom stereocenters. The lowest BCUT2D eigenvalue weighted by atomic mass is 10.1. The number of nitrogens with two attached hydrogens (primary N) is 1. The molecule has 0 bridgehead atoms. The Kier molecular flexibility index (Phi) is 3.20. The molecule has 2 rings (SSSR count). The fourth-order valence-electron chi connectivity index (χ4n) is 1.29. The zero-order valence-corrected chi connectivity index (χ0v) is 9.29. The molecule has 0 aliphatic heterocycles. The van der Waals surface area contributed by atoms with Gasteiger partial charge in [0.2, 0.25) is 0 Å². The van der Waals surface area contributed by atoms with Gasteiger partial charge in [-0.15, -0.1) is 11.3 Å². The minimum Gasteiger partial charge on any atom is -0.384 e. The van der Waals surface area contributed by atoms with Gasteiger partial charge in [0.05, 0.1) is 5.69 Å². The molecular formula is C12H10N2OS. The van der Waals surface area contributed by atoms with Crippen molar-refractivity contribution in [3.05, 3.63) is 35.2 Å². The van der Waals surface area contributed by atoms with Gasteiger partial charge >= 0.3 is 0 Å². The second-order valence-corrected chi connectivity index (χ2v) is 4.00. The SMILES string of the molecule is Nc1nc(-c2ccc(C#CCO)cc2)cs1. The van der Waals surface area contributed by atoms with Crippen LogP contribution in [-0.4, -0.2) is 16.7 Å². The summed E-state index contributed by atoms with van der Waals surface area (Å²) in [5, 5.41) is 11.1. The van der Waals surface area contributed by atoms with Gasteiger partial charge in [0.25, 0.3) is 0 Å². The lowest BCUT2D eigenvalue weighted by Gasteiger charge is -1.96. The third-order valence-corrected chi connectivity index (χ3v) is 2.69. The van der Waals surface area contributed by atoms with E-state index in [1.165, 1.54) is 11.3 Å². The van der Waals surface area contributed by atoms with E-state index in [1.807, 2.05) is 29.6 Å². The summed E-state index contributed by atoms with van der Waals surface area (Å²) in [6.45, 7) is -0.121. The molecule has 0 saturated heterocycles. The number of nitrogen functional groups attached to an aromatic ring is 1. The molecule has 1 aromatic heterocycles. The molecule has 0 saturated carbocycles. The topological polar surface area (TPSA) is 59.1 Å². The number of aromatic nitrogens is 1. The van der Waals surface area contributed by atoms with Crippen LogP contribution in [0.3, 0.4) is 0 Å². The van der Waals surface area contributed by atoms with Crippen molar-refractivity contribution in [1.29, 1.82) is 0 Å². The van der Waals surface area contributed by atoms with E-state index in [2.05, 4.69) is 16.8 Å². The van der Waals surface area contributed by atoms with E-state index in [0.29, 0.717) is 5.13 Å². The molecule has 2 aromatic rings. The van der Waals surface area contributed by atoms with Crippen molar-refractivity contribution < 1.29 is 5.11 Å². The summed E-state index contributed by atoms with van der Waals surface area (Å²) >= 11 is 1.42. The number of hydrogen-bond acceptors (Lipinski definition) is 4. The fourth-order valence-corrected chi connectivity index (χ4v) is 1.86. The summed E-state index contributed by atoms with van der Waals surface area (Å²) in [4.78, 5) is 4.19. The Hall–Kier alpha value is -1.83. The first-order valence-electron chi connectivity index (χ1n) is 4.71. The quantitative estimate of drug-likeness (QED) is 0.733. The van der Waals surface area contributed by atoms with Gasteiger partial charge < -0.3 is 10.8 Å². The molecule has 0 radical (unpaired) electrons. The van der Waals surface area contributed by atoms with Crippen molar-refractivity contribution in [3.8, 4) is 23.1 Å². The van der Waals surface area contributed by atoms with E-state index in [-0.39, 0.29) is 6.61 Å². The second-order valence-electron chi connectivity index (χ2n) is 3.11. The summed E-state index contributed by atoms with van der Waals surface area (Å²) in [5.41, 5.74) is 8.34. The highest BCUT2D eigenvalue weighted by Crippen LogP contribution is 2.22. The molecule has 0 fully saturated rings. The maximum atomic E-state index is 8.57. The molecule has 3 nitrogen and oxygen atoms in total. The Morgan fingerprint density at radius 2 is 2.06 bits per heavy atom. The summed E-state index contributed by atoms with van der Waals surface area (Å²) in [6, 6.07) is 7.67. The summed E-state index contributed by atoms with van der Waals surface area (Å²) in [5.74, 6) is 5.44. The van der Waals surface area contributed by atoms with E-state index in [1.54, 1.807) is 0 Å². The standard InChI is InChI=1S/C12H10N2OS/c13-12-14-11(8-16-12)10-5-3-9(4-6-10)2-1-7-15/h3-6,8,15H,7H2,(H2,13,14). The van der Waals surface area contributed by atoms with Crippen LogP contribution < -0.4 is 5.73 Å². The Morgan fingerprint density at radius 1 is 1.31 bits per heavy atom. The highest BCUT2D eigenvalue weighted by atomic mass is 32.1. The molecule has 0 spiro atoms. The van der Waals surface area contributed by atoms with Crippen LogP contribution in [0.4, 0.5) is 5.13 Å². The van der Waals surface area contributed by atoms with Gasteiger partial charge in [-0.1, -0.05) is 24.0 Å². The molecule has 4 heteroatoms. The average molecular weight is 230 g/mol. The van der Waals surface area contributed by atoms with Gasteiger partial charge in [0.1, 0.15) is 6.61 Å². The monoisotopic (exact) mass is 230 g/mol. The van der Waals surface area contributed by atoms with Crippen LogP contribution in [0.1, 0.15) is 5.56 Å².